The molecule has 0 aliphatic heterocycles. The van der Waals surface area contributed by atoms with Crippen molar-refractivity contribution in [3.05, 3.63) is 51.9 Å². The van der Waals surface area contributed by atoms with Gasteiger partial charge in [-0.3, -0.25) is 0 Å². The van der Waals surface area contributed by atoms with Crippen molar-refractivity contribution in [2.75, 3.05) is 6.61 Å². The summed E-state index contributed by atoms with van der Waals surface area (Å²) >= 11 is 6.19. The molecule has 23 heavy (non-hydrogen) atoms. The molecule has 0 fully saturated rings. The summed E-state index contributed by atoms with van der Waals surface area (Å²) in [6, 6.07) is 7.48. The quantitative estimate of drug-likeness (QED) is 0.848. The number of ether oxygens (including phenoxy) is 1. The van der Waals surface area contributed by atoms with Gasteiger partial charge in [0.2, 0.25) is 11.7 Å². The van der Waals surface area contributed by atoms with Gasteiger partial charge in [0, 0.05) is 22.7 Å². The molecule has 1 N–H and O–H groups in total. The van der Waals surface area contributed by atoms with E-state index in [-0.39, 0.29) is 18.2 Å². The Morgan fingerprint density at radius 2 is 2.00 bits per heavy atom. The van der Waals surface area contributed by atoms with E-state index < -0.39 is 5.97 Å². The van der Waals surface area contributed by atoms with Gasteiger partial charge in [-0.05, 0) is 25.0 Å². The SMILES string of the molecule is CCCOc1nc(C(=O)O)nc(C)c1Cc1ccccc1Cl.Cl. The van der Waals surface area contributed by atoms with Crippen LogP contribution < -0.4 is 4.74 Å². The van der Waals surface area contributed by atoms with Crippen molar-refractivity contribution in [3.8, 4) is 5.88 Å². The molecule has 1 heterocycles. The molecule has 2 rings (SSSR count). The predicted molar refractivity (Wildman–Crippen MR) is 91.0 cm³/mol. The molecule has 0 amide bonds. The molecule has 1 aromatic carbocycles. The lowest BCUT2D eigenvalue weighted by Gasteiger charge is -2.13. The van der Waals surface area contributed by atoms with Gasteiger partial charge in [0.15, 0.2) is 0 Å². The second-order valence-corrected chi connectivity index (χ2v) is 5.25. The lowest BCUT2D eigenvalue weighted by atomic mass is 10.0. The summed E-state index contributed by atoms with van der Waals surface area (Å²) in [5, 5.41) is 9.73. The van der Waals surface area contributed by atoms with Crippen LogP contribution >= 0.6 is 24.0 Å². The van der Waals surface area contributed by atoms with E-state index in [1.165, 1.54) is 0 Å². The van der Waals surface area contributed by atoms with E-state index in [4.69, 9.17) is 21.4 Å². The van der Waals surface area contributed by atoms with Crippen molar-refractivity contribution >= 4 is 30.0 Å². The van der Waals surface area contributed by atoms with Gasteiger partial charge in [-0.2, -0.15) is 4.98 Å². The van der Waals surface area contributed by atoms with Crippen LogP contribution in [0.2, 0.25) is 5.02 Å². The van der Waals surface area contributed by atoms with Crippen LogP contribution in [0.15, 0.2) is 24.3 Å². The number of carboxylic acids is 1. The molecule has 0 saturated heterocycles. The van der Waals surface area contributed by atoms with Crippen LogP contribution in [0.3, 0.4) is 0 Å². The van der Waals surface area contributed by atoms with E-state index in [0.717, 1.165) is 17.5 Å². The number of nitrogens with zero attached hydrogens (tertiary/aromatic N) is 2. The Morgan fingerprint density at radius 3 is 2.61 bits per heavy atom. The van der Waals surface area contributed by atoms with Crippen LogP contribution in [0.1, 0.15) is 40.8 Å². The molecule has 5 nitrogen and oxygen atoms in total. The first-order valence-corrected chi connectivity index (χ1v) is 7.37. The molecule has 0 aliphatic rings. The highest BCUT2D eigenvalue weighted by molar-refractivity contribution is 6.31. The van der Waals surface area contributed by atoms with E-state index in [2.05, 4.69) is 9.97 Å². The highest BCUT2D eigenvalue weighted by atomic mass is 35.5. The minimum Gasteiger partial charge on any atom is -0.477 e. The topological polar surface area (TPSA) is 72.3 Å². The van der Waals surface area contributed by atoms with Crippen LogP contribution in [0, 0.1) is 6.92 Å². The number of halogens is 2. The number of rotatable bonds is 6. The lowest BCUT2D eigenvalue weighted by Crippen LogP contribution is -2.12. The van der Waals surface area contributed by atoms with Crippen molar-refractivity contribution in [1.82, 2.24) is 9.97 Å². The first-order chi connectivity index (χ1) is 10.5. The van der Waals surface area contributed by atoms with Gasteiger partial charge < -0.3 is 9.84 Å². The number of hydrogen-bond acceptors (Lipinski definition) is 4. The third-order valence-electron chi connectivity index (χ3n) is 3.14. The number of aromatic nitrogens is 2. The van der Waals surface area contributed by atoms with Gasteiger partial charge in [-0.1, -0.05) is 36.7 Å². The van der Waals surface area contributed by atoms with Crippen molar-refractivity contribution < 1.29 is 14.6 Å². The molecule has 0 bridgehead atoms. The molecule has 1 aromatic heterocycles. The van der Waals surface area contributed by atoms with Crippen molar-refractivity contribution in [2.45, 2.75) is 26.7 Å². The fourth-order valence-corrected chi connectivity index (χ4v) is 2.22. The first kappa shape index (κ1) is 19.2. The summed E-state index contributed by atoms with van der Waals surface area (Å²) < 4.78 is 5.61. The second-order valence-electron chi connectivity index (χ2n) is 4.84. The summed E-state index contributed by atoms with van der Waals surface area (Å²) in [5.41, 5.74) is 2.25. The maximum Gasteiger partial charge on any atom is 0.374 e. The smallest absolute Gasteiger partial charge is 0.374 e. The molecule has 0 atom stereocenters. The summed E-state index contributed by atoms with van der Waals surface area (Å²) in [4.78, 5) is 19.2. The first-order valence-electron chi connectivity index (χ1n) is 7.00. The Balaban J connectivity index is 0.00000264. The number of aromatic carboxylic acids is 1. The van der Waals surface area contributed by atoms with Gasteiger partial charge in [-0.25, -0.2) is 9.78 Å². The zero-order chi connectivity index (χ0) is 16.1. The van der Waals surface area contributed by atoms with Crippen LogP contribution in [-0.2, 0) is 6.42 Å². The molecule has 0 aliphatic carbocycles. The van der Waals surface area contributed by atoms with E-state index >= 15 is 0 Å². The van der Waals surface area contributed by atoms with E-state index in [1.807, 2.05) is 31.2 Å². The van der Waals surface area contributed by atoms with E-state index in [9.17, 15) is 4.79 Å². The van der Waals surface area contributed by atoms with Crippen molar-refractivity contribution in [3.63, 3.8) is 0 Å². The average Bonchev–Trinajstić information content (AvgIpc) is 2.49. The monoisotopic (exact) mass is 356 g/mol. The maximum absolute atomic E-state index is 11.1. The third kappa shape index (κ3) is 4.81. The largest absolute Gasteiger partial charge is 0.477 e. The van der Waals surface area contributed by atoms with Crippen molar-refractivity contribution in [2.24, 2.45) is 0 Å². The molecule has 124 valence electrons. The molecule has 0 spiro atoms. The summed E-state index contributed by atoms with van der Waals surface area (Å²) in [7, 11) is 0. The second kappa shape index (κ2) is 8.70. The van der Waals surface area contributed by atoms with Crippen molar-refractivity contribution in [1.29, 1.82) is 0 Å². The number of hydrogen-bond donors (Lipinski definition) is 1. The Bertz CT molecular complexity index is 693. The zero-order valence-electron chi connectivity index (χ0n) is 12.9. The van der Waals surface area contributed by atoms with E-state index in [0.29, 0.717) is 29.6 Å². The van der Waals surface area contributed by atoms with Gasteiger partial charge in [0.05, 0.1) is 6.61 Å². The zero-order valence-corrected chi connectivity index (χ0v) is 14.4. The molecular weight excluding hydrogens is 339 g/mol. The molecule has 0 unspecified atom stereocenters. The number of aryl methyl sites for hydroxylation is 1. The Hall–Kier alpha value is -1.85. The predicted octanol–water partition coefficient (Wildman–Crippen LogP) is 3.94. The summed E-state index contributed by atoms with van der Waals surface area (Å²) in [6.07, 6.45) is 1.29. The molecule has 2 aromatic rings. The lowest BCUT2D eigenvalue weighted by molar-refractivity contribution is 0.0681. The molecule has 0 saturated carbocycles. The highest BCUT2D eigenvalue weighted by Crippen LogP contribution is 2.26. The molecule has 7 heteroatoms. The molecular formula is C16H18Cl2N2O3. The van der Waals surface area contributed by atoms with Crippen LogP contribution in [0.4, 0.5) is 0 Å². The van der Waals surface area contributed by atoms with Gasteiger partial charge in [0.25, 0.3) is 0 Å². The number of benzene rings is 1. The van der Waals surface area contributed by atoms with Gasteiger partial charge in [-0.15, -0.1) is 12.4 Å². The Labute approximate surface area is 146 Å². The maximum atomic E-state index is 11.1. The highest BCUT2D eigenvalue weighted by Gasteiger charge is 2.18. The van der Waals surface area contributed by atoms with E-state index in [1.54, 1.807) is 6.92 Å². The van der Waals surface area contributed by atoms with Crippen LogP contribution in [-0.4, -0.2) is 27.7 Å². The minimum atomic E-state index is -1.17. The number of carbonyl (C=O) groups is 1. The van der Waals surface area contributed by atoms with Gasteiger partial charge in [0.1, 0.15) is 0 Å². The van der Waals surface area contributed by atoms with Crippen LogP contribution in [0.5, 0.6) is 5.88 Å². The summed E-state index contributed by atoms with van der Waals surface area (Å²) in [5.74, 6) is -1.12. The molecule has 0 radical (unpaired) electrons. The fraction of sp³-hybridized carbons (Fsp3) is 0.312. The average molecular weight is 357 g/mol. The van der Waals surface area contributed by atoms with Crippen LogP contribution in [0.25, 0.3) is 0 Å². The Morgan fingerprint density at radius 1 is 1.30 bits per heavy atom. The van der Waals surface area contributed by atoms with Gasteiger partial charge >= 0.3 is 5.97 Å². The third-order valence-corrected chi connectivity index (χ3v) is 3.50. The number of carboxylic acid groups (broad SMARTS) is 1. The fourth-order valence-electron chi connectivity index (χ4n) is 2.02. The normalized spacial score (nSPS) is 10.0. The minimum absolute atomic E-state index is 0. The standard InChI is InChI=1S/C16H17ClN2O3.ClH/c1-3-8-22-15-12(9-11-6-4-5-7-13(11)17)10(2)18-14(19-15)16(20)21;/h4-7H,3,8-9H2,1-2H3,(H,20,21);1H. The Kier molecular flexibility index (Phi) is 7.26. The summed E-state index contributed by atoms with van der Waals surface area (Å²) in [6.45, 7) is 4.18.